The lowest BCUT2D eigenvalue weighted by atomic mass is 9.97. The van der Waals surface area contributed by atoms with Gasteiger partial charge in [0.25, 0.3) is 11.5 Å². The number of hydrogen-bond donors (Lipinski definition) is 1. The summed E-state index contributed by atoms with van der Waals surface area (Å²) in [6.07, 6.45) is 3.42. The van der Waals surface area contributed by atoms with Gasteiger partial charge in [-0.25, -0.2) is 4.98 Å². The Bertz CT molecular complexity index is 1360. The van der Waals surface area contributed by atoms with Crippen LogP contribution in [0, 0.1) is 20.8 Å². The first-order valence-electron chi connectivity index (χ1n) is 9.65. The van der Waals surface area contributed by atoms with Gasteiger partial charge in [-0.2, -0.15) is 0 Å². The van der Waals surface area contributed by atoms with E-state index in [0.717, 1.165) is 33.3 Å². The average molecular weight is 398 g/mol. The Hall–Kier alpha value is -3.80. The molecule has 0 aliphatic heterocycles. The zero-order valence-electron chi connectivity index (χ0n) is 17.4. The molecule has 3 aromatic heterocycles. The number of anilines is 1. The molecule has 0 atom stereocenters. The fourth-order valence-corrected chi connectivity index (χ4v) is 3.50. The molecule has 4 rings (SSSR count). The minimum Gasteiger partial charge on any atom is -0.311 e. The van der Waals surface area contributed by atoms with E-state index in [-0.39, 0.29) is 11.5 Å². The van der Waals surface area contributed by atoms with Gasteiger partial charge in [-0.15, -0.1) is 0 Å². The van der Waals surface area contributed by atoms with E-state index in [1.165, 1.54) is 0 Å². The second-order valence-corrected chi connectivity index (χ2v) is 7.51. The molecule has 0 aliphatic carbocycles. The van der Waals surface area contributed by atoms with Crippen LogP contribution in [0.2, 0.25) is 0 Å². The number of nitrogens with one attached hydrogen (secondary N) is 1. The fraction of sp³-hybridized carbons (Fsp3) is 0.167. The molecule has 1 N–H and O–H groups in total. The Labute approximate surface area is 174 Å². The molecule has 1 aromatic carbocycles. The summed E-state index contributed by atoms with van der Waals surface area (Å²) >= 11 is 0. The number of aromatic nitrogens is 3. The molecule has 0 aliphatic rings. The highest BCUT2D eigenvalue weighted by Crippen LogP contribution is 2.25. The van der Waals surface area contributed by atoms with E-state index in [2.05, 4.69) is 15.3 Å². The molecule has 4 aromatic rings. The minimum absolute atomic E-state index is 0.117. The van der Waals surface area contributed by atoms with Crippen molar-refractivity contribution in [3.05, 3.63) is 87.6 Å². The normalized spacial score (nSPS) is 10.9. The van der Waals surface area contributed by atoms with Gasteiger partial charge in [-0.05, 0) is 73.9 Å². The van der Waals surface area contributed by atoms with Crippen molar-refractivity contribution in [2.45, 2.75) is 20.8 Å². The van der Waals surface area contributed by atoms with E-state index in [1.54, 1.807) is 42.2 Å². The van der Waals surface area contributed by atoms with Gasteiger partial charge in [-0.3, -0.25) is 14.6 Å². The molecule has 6 nitrogen and oxygen atoms in total. The summed E-state index contributed by atoms with van der Waals surface area (Å²) in [7, 11) is 1.75. The lowest BCUT2D eigenvalue weighted by molar-refractivity contribution is 0.102. The molecular formula is C24H22N4O2. The maximum Gasteiger partial charge on any atom is 0.258 e. The first-order chi connectivity index (χ1) is 14.3. The Morgan fingerprint density at radius 1 is 0.967 bits per heavy atom. The Morgan fingerprint density at radius 3 is 2.53 bits per heavy atom. The van der Waals surface area contributed by atoms with Gasteiger partial charge in [0.1, 0.15) is 5.82 Å². The predicted molar refractivity (Wildman–Crippen MR) is 119 cm³/mol. The van der Waals surface area contributed by atoms with Crippen LogP contribution in [0.5, 0.6) is 0 Å². The summed E-state index contributed by atoms with van der Waals surface area (Å²) in [5.74, 6) is 0.217. The molecule has 6 heteroatoms. The van der Waals surface area contributed by atoms with Crippen LogP contribution >= 0.6 is 0 Å². The zero-order valence-corrected chi connectivity index (χ0v) is 17.4. The van der Waals surface area contributed by atoms with E-state index >= 15 is 0 Å². The van der Waals surface area contributed by atoms with Crippen LogP contribution in [0.4, 0.5) is 5.82 Å². The van der Waals surface area contributed by atoms with E-state index in [4.69, 9.17) is 0 Å². The number of fused-ring (bicyclic) bond motifs is 1. The van der Waals surface area contributed by atoms with Crippen molar-refractivity contribution in [2.24, 2.45) is 7.05 Å². The van der Waals surface area contributed by atoms with Crippen molar-refractivity contribution in [1.82, 2.24) is 14.5 Å². The number of carbonyl (C=O) groups excluding carboxylic acids is 1. The van der Waals surface area contributed by atoms with Crippen molar-refractivity contribution in [2.75, 3.05) is 5.32 Å². The molecule has 3 heterocycles. The highest BCUT2D eigenvalue weighted by Gasteiger charge is 2.15. The molecule has 30 heavy (non-hydrogen) atoms. The zero-order chi connectivity index (χ0) is 21.4. The third-order valence-corrected chi connectivity index (χ3v) is 5.19. The Morgan fingerprint density at radius 2 is 1.77 bits per heavy atom. The number of benzene rings is 1. The number of rotatable bonds is 3. The first-order valence-corrected chi connectivity index (χ1v) is 9.65. The van der Waals surface area contributed by atoms with Crippen molar-refractivity contribution < 1.29 is 4.79 Å². The molecule has 0 spiro atoms. The molecule has 0 unspecified atom stereocenters. The van der Waals surface area contributed by atoms with Crippen LogP contribution in [-0.2, 0) is 7.05 Å². The van der Waals surface area contributed by atoms with Crippen molar-refractivity contribution in [3.8, 4) is 11.1 Å². The summed E-state index contributed by atoms with van der Waals surface area (Å²) < 4.78 is 1.63. The second-order valence-electron chi connectivity index (χ2n) is 7.51. The van der Waals surface area contributed by atoms with Crippen LogP contribution in [0.15, 0.2) is 59.7 Å². The number of amides is 1. The van der Waals surface area contributed by atoms with Crippen molar-refractivity contribution in [3.63, 3.8) is 0 Å². The van der Waals surface area contributed by atoms with Gasteiger partial charge in [0.15, 0.2) is 0 Å². The van der Waals surface area contributed by atoms with Crippen LogP contribution < -0.4 is 10.9 Å². The van der Waals surface area contributed by atoms with Crippen LogP contribution in [0.3, 0.4) is 0 Å². The summed E-state index contributed by atoms with van der Waals surface area (Å²) in [4.78, 5) is 34.4. The summed E-state index contributed by atoms with van der Waals surface area (Å²) in [6.45, 7) is 5.76. The van der Waals surface area contributed by atoms with Gasteiger partial charge in [0, 0.05) is 41.6 Å². The lowest BCUT2D eigenvalue weighted by Crippen LogP contribution is -2.20. The molecule has 0 fully saturated rings. The molecule has 0 bridgehead atoms. The van der Waals surface area contributed by atoms with Crippen LogP contribution in [0.25, 0.3) is 22.0 Å². The Kier molecular flexibility index (Phi) is 4.91. The number of pyridine rings is 3. The summed E-state index contributed by atoms with van der Waals surface area (Å²) in [6, 6.07) is 12.8. The summed E-state index contributed by atoms with van der Waals surface area (Å²) in [5, 5.41) is 3.69. The largest absolute Gasteiger partial charge is 0.311 e. The van der Waals surface area contributed by atoms with Crippen LogP contribution in [0.1, 0.15) is 27.2 Å². The monoisotopic (exact) mass is 398 g/mol. The second kappa shape index (κ2) is 7.55. The molecule has 0 radical (unpaired) electrons. The molecule has 150 valence electrons. The smallest absolute Gasteiger partial charge is 0.258 e. The van der Waals surface area contributed by atoms with E-state index < -0.39 is 0 Å². The standard InChI is InChI=1S/C24H22N4O2/c1-14-7-8-25-22(9-14)27-23(29)17-6-5-15(2)19(11-17)20-12-18-13-26-16(3)10-21(18)28(4)24(20)30/h5-13H,1-4H3,(H,25,27,29). The highest BCUT2D eigenvalue weighted by molar-refractivity contribution is 6.04. The van der Waals surface area contributed by atoms with Crippen LogP contribution in [-0.4, -0.2) is 20.4 Å². The van der Waals surface area contributed by atoms with Gasteiger partial charge >= 0.3 is 0 Å². The quantitative estimate of drug-likeness (QED) is 0.562. The third kappa shape index (κ3) is 3.59. The average Bonchev–Trinajstić information content (AvgIpc) is 2.71. The minimum atomic E-state index is -0.274. The summed E-state index contributed by atoms with van der Waals surface area (Å²) in [5.41, 5.74) is 5.21. The predicted octanol–water partition coefficient (Wildman–Crippen LogP) is 4.17. The maximum atomic E-state index is 13.1. The molecule has 0 saturated heterocycles. The van der Waals surface area contributed by atoms with Crippen molar-refractivity contribution >= 4 is 22.6 Å². The van der Waals surface area contributed by atoms with Gasteiger partial charge in [-0.1, -0.05) is 6.07 Å². The molecular weight excluding hydrogens is 376 g/mol. The van der Waals surface area contributed by atoms with E-state index in [9.17, 15) is 9.59 Å². The SMILES string of the molecule is Cc1ccnc(NC(=O)c2ccc(C)c(-c3cc4cnc(C)cc4n(C)c3=O)c2)c1. The number of hydrogen-bond acceptors (Lipinski definition) is 4. The lowest BCUT2D eigenvalue weighted by Gasteiger charge is -2.13. The molecule has 1 amide bonds. The number of aryl methyl sites for hydroxylation is 4. The first kappa shape index (κ1) is 19.5. The third-order valence-electron chi connectivity index (χ3n) is 5.19. The highest BCUT2D eigenvalue weighted by atomic mass is 16.1. The number of nitrogens with zero attached hydrogens (tertiary/aromatic N) is 3. The Balaban J connectivity index is 1.79. The fourth-order valence-electron chi connectivity index (χ4n) is 3.50. The topological polar surface area (TPSA) is 76.9 Å². The maximum absolute atomic E-state index is 13.1. The van der Waals surface area contributed by atoms with E-state index in [1.807, 2.05) is 45.0 Å². The van der Waals surface area contributed by atoms with Crippen molar-refractivity contribution in [1.29, 1.82) is 0 Å². The molecule has 0 saturated carbocycles. The van der Waals surface area contributed by atoms with E-state index in [0.29, 0.717) is 16.9 Å². The van der Waals surface area contributed by atoms with Gasteiger partial charge in [0.2, 0.25) is 0 Å². The number of carbonyl (C=O) groups is 1. The van der Waals surface area contributed by atoms with Gasteiger partial charge in [0.05, 0.1) is 5.52 Å². The van der Waals surface area contributed by atoms with Gasteiger partial charge < -0.3 is 9.88 Å².